The van der Waals surface area contributed by atoms with Gasteiger partial charge in [0.1, 0.15) is 23.9 Å². The molecule has 0 bridgehead atoms. The number of nitrogens with two attached hydrogens (primary N) is 1. The van der Waals surface area contributed by atoms with E-state index in [2.05, 4.69) is 10.6 Å². The fraction of sp³-hybridized carbons (Fsp3) is 0.524. The molecule has 11 heteroatoms. The number of carboxylic acids is 1. The Labute approximate surface area is 185 Å². The van der Waals surface area contributed by atoms with Gasteiger partial charge in [0.05, 0.1) is 12.1 Å². The summed E-state index contributed by atoms with van der Waals surface area (Å²) < 4.78 is 0. The molecule has 2 rings (SSSR count). The second kappa shape index (κ2) is 10.9. The van der Waals surface area contributed by atoms with Crippen LogP contribution in [-0.2, 0) is 25.6 Å². The molecule has 0 saturated carbocycles. The van der Waals surface area contributed by atoms with E-state index in [4.69, 9.17) is 10.8 Å². The minimum absolute atomic E-state index is 0.0966. The summed E-state index contributed by atoms with van der Waals surface area (Å²) in [5.74, 6) is -3.06. The number of carbonyl (C=O) groups is 4. The molecule has 7 N–H and O–H groups in total. The maximum atomic E-state index is 12.9. The van der Waals surface area contributed by atoms with E-state index in [1.807, 2.05) is 0 Å². The van der Waals surface area contributed by atoms with Crippen molar-refractivity contribution in [3.05, 3.63) is 29.8 Å². The number of hydrogen-bond donors (Lipinski definition) is 6. The van der Waals surface area contributed by atoms with Gasteiger partial charge in [-0.2, -0.15) is 0 Å². The van der Waals surface area contributed by atoms with E-state index in [1.165, 1.54) is 30.9 Å². The van der Waals surface area contributed by atoms with Gasteiger partial charge in [0.15, 0.2) is 0 Å². The number of rotatable bonds is 9. The summed E-state index contributed by atoms with van der Waals surface area (Å²) in [6.45, 7) is 2.87. The molecule has 32 heavy (non-hydrogen) atoms. The molecule has 1 fully saturated rings. The highest BCUT2D eigenvalue weighted by molar-refractivity contribution is 5.94. The highest BCUT2D eigenvalue weighted by atomic mass is 16.4. The van der Waals surface area contributed by atoms with Crippen LogP contribution in [0.1, 0.15) is 32.3 Å². The summed E-state index contributed by atoms with van der Waals surface area (Å²) >= 11 is 0. The van der Waals surface area contributed by atoms with E-state index >= 15 is 0 Å². The standard InChI is InChI=1S/C21H30N4O7/c1-11(21(31)32)23-19(29)17(12(2)26)24-18(28)16-4-3-9-25(16)20(30)15(22)10-13-5-7-14(27)8-6-13/h5-8,11-12,15-17,26-27H,3-4,9-10,22H2,1-2H3,(H,23,29)(H,24,28)(H,31,32). The van der Waals surface area contributed by atoms with Gasteiger partial charge in [-0.05, 0) is 50.8 Å². The van der Waals surface area contributed by atoms with Crippen LogP contribution in [0.5, 0.6) is 5.75 Å². The number of likely N-dealkylation sites (tertiary alicyclic amines) is 1. The maximum Gasteiger partial charge on any atom is 0.325 e. The zero-order valence-corrected chi connectivity index (χ0v) is 18.0. The minimum Gasteiger partial charge on any atom is -0.508 e. The average Bonchev–Trinajstić information content (AvgIpc) is 3.22. The number of benzene rings is 1. The summed E-state index contributed by atoms with van der Waals surface area (Å²) in [5.41, 5.74) is 6.82. The van der Waals surface area contributed by atoms with Gasteiger partial charge < -0.3 is 36.6 Å². The van der Waals surface area contributed by atoms with Crippen LogP contribution in [0, 0.1) is 0 Å². The van der Waals surface area contributed by atoms with Gasteiger partial charge in [0.2, 0.25) is 17.7 Å². The minimum atomic E-state index is -1.38. The fourth-order valence-corrected chi connectivity index (χ4v) is 3.51. The Kier molecular flexibility index (Phi) is 8.56. The molecule has 11 nitrogen and oxygen atoms in total. The molecule has 176 valence electrons. The second-order valence-corrected chi connectivity index (χ2v) is 7.96. The number of aliphatic carboxylic acids is 1. The van der Waals surface area contributed by atoms with Crippen molar-refractivity contribution < 1.29 is 34.5 Å². The molecule has 1 aliphatic rings. The van der Waals surface area contributed by atoms with Crippen LogP contribution in [0.15, 0.2) is 24.3 Å². The van der Waals surface area contributed by atoms with Crippen molar-refractivity contribution >= 4 is 23.7 Å². The second-order valence-electron chi connectivity index (χ2n) is 7.96. The van der Waals surface area contributed by atoms with Crippen molar-refractivity contribution in [1.82, 2.24) is 15.5 Å². The SMILES string of the molecule is CC(NC(=O)C(NC(=O)C1CCCN1C(=O)C(N)Cc1ccc(O)cc1)C(C)O)C(=O)O. The summed E-state index contributed by atoms with van der Waals surface area (Å²) in [5, 5.41) is 32.9. The average molecular weight is 450 g/mol. The Morgan fingerprint density at radius 2 is 1.78 bits per heavy atom. The van der Waals surface area contributed by atoms with Crippen LogP contribution in [0.3, 0.4) is 0 Å². The predicted molar refractivity (Wildman–Crippen MR) is 113 cm³/mol. The van der Waals surface area contributed by atoms with Crippen molar-refractivity contribution in [1.29, 1.82) is 0 Å². The number of nitrogens with one attached hydrogen (secondary N) is 2. The zero-order valence-electron chi connectivity index (χ0n) is 18.0. The lowest BCUT2D eigenvalue weighted by Crippen LogP contribution is -2.59. The van der Waals surface area contributed by atoms with E-state index in [-0.39, 0.29) is 12.2 Å². The largest absolute Gasteiger partial charge is 0.508 e. The van der Waals surface area contributed by atoms with Gasteiger partial charge in [-0.15, -0.1) is 0 Å². The number of nitrogens with zero attached hydrogens (tertiary/aromatic N) is 1. The van der Waals surface area contributed by atoms with Crippen molar-refractivity contribution in [2.45, 2.75) is 63.4 Å². The van der Waals surface area contributed by atoms with Crippen molar-refractivity contribution in [2.24, 2.45) is 5.73 Å². The first kappa shape index (κ1) is 25.1. The Hall–Kier alpha value is -3.18. The molecule has 1 saturated heterocycles. The smallest absolute Gasteiger partial charge is 0.325 e. The molecule has 1 aliphatic heterocycles. The lowest BCUT2D eigenvalue weighted by molar-refractivity contribution is -0.143. The Morgan fingerprint density at radius 3 is 2.34 bits per heavy atom. The molecule has 5 atom stereocenters. The molecular formula is C21H30N4O7. The van der Waals surface area contributed by atoms with Gasteiger partial charge in [0.25, 0.3) is 0 Å². The molecule has 5 unspecified atom stereocenters. The number of amides is 3. The number of hydrogen-bond acceptors (Lipinski definition) is 7. The topological polar surface area (TPSA) is 182 Å². The fourth-order valence-electron chi connectivity index (χ4n) is 3.51. The van der Waals surface area contributed by atoms with Crippen LogP contribution in [0.4, 0.5) is 0 Å². The van der Waals surface area contributed by atoms with Crippen LogP contribution >= 0.6 is 0 Å². The highest BCUT2D eigenvalue weighted by Gasteiger charge is 2.38. The van der Waals surface area contributed by atoms with Crippen molar-refractivity contribution in [2.75, 3.05) is 6.54 Å². The van der Waals surface area contributed by atoms with Crippen molar-refractivity contribution in [3.63, 3.8) is 0 Å². The third-order valence-corrected chi connectivity index (χ3v) is 5.34. The van der Waals surface area contributed by atoms with Crippen LogP contribution in [0.25, 0.3) is 0 Å². The van der Waals surface area contributed by atoms with Gasteiger partial charge in [0, 0.05) is 6.54 Å². The number of phenols is 1. The molecular weight excluding hydrogens is 420 g/mol. The quantitative estimate of drug-likeness (QED) is 0.268. The molecule has 0 radical (unpaired) electrons. The third-order valence-electron chi connectivity index (χ3n) is 5.34. The maximum absolute atomic E-state index is 12.9. The number of carbonyl (C=O) groups excluding carboxylic acids is 3. The van der Waals surface area contributed by atoms with E-state index in [9.17, 15) is 29.4 Å². The molecule has 1 aromatic rings. The molecule has 0 aromatic heterocycles. The van der Waals surface area contributed by atoms with Crippen molar-refractivity contribution in [3.8, 4) is 5.75 Å². The lowest BCUT2D eigenvalue weighted by atomic mass is 10.0. The Bertz CT molecular complexity index is 843. The first-order valence-corrected chi connectivity index (χ1v) is 10.4. The number of aromatic hydroxyl groups is 1. The van der Waals surface area contributed by atoms with Gasteiger partial charge in [-0.1, -0.05) is 12.1 Å². The number of carboxylic acid groups (broad SMARTS) is 1. The summed E-state index contributed by atoms with van der Waals surface area (Å²) in [6.07, 6.45) is -0.141. The number of phenolic OH excluding ortho intramolecular Hbond substituents is 1. The van der Waals surface area contributed by atoms with E-state index in [0.29, 0.717) is 19.4 Å². The molecule has 1 aromatic carbocycles. The van der Waals surface area contributed by atoms with E-state index in [1.54, 1.807) is 12.1 Å². The lowest BCUT2D eigenvalue weighted by Gasteiger charge is -2.29. The van der Waals surface area contributed by atoms with Crippen LogP contribution < -0.4 is 16.4 Å². The van der Waals surface area contributed by atoms with Gasteiger partial charge in [-0.25, -0.2) is 0 Å². The molecule has 0 aliphatic carbocycles. The Balaban J connectivity index is 2.04. The normalized spacial score (nSPS) is 19.5. The van der Waals surface area contributed by atoms with Gasteiger partial charge >= 0.3 is 5.97 Å². The van der Waals surface area contributed by atoms with E-state index in [0.717, 1.165) is 5.56 Å². The van der Waals surface area contributed by atoms with Crippen LogP contribution in [-0.4, -0.2) is 80.7 Å². The molecule has 3 amide bonds. The third kappa shape index (κ3) is 6.41. The summed E-state index contributed by atoms with van der Waals surface area (Å²) in [6, 6.07) is 1.94. The van der Waals surface area contributed by atoms with Gasteiger partial charge in [-0.3, -0.25) is 19.2 Å². The zero-order chi connectivity index (χ0) is 24.0. The van der Waals surface area contributed by atoms with Crippen LogP contribution in [0.2, 0.25) is 0 Å². The monoisotopic (exact) mass is 450 g/mol. The Morgan fingerprint density at radius 1 is 1.16 bits per heavy atom. The summed E-state index contributed by atoms with van der Waals surface area (Å²) in [7, 11) is 0. The number of aliphatic hydroxyl groups is 1. The first-order chi connectivity index (χ1) is 15.0. The predicted octanol–water partition coefficient (Wildman–Crippen LogP) is -1.29. The summed E-state index contributed by atoms with van der Waals surface area (Å²) in [4.78, 5) is 50.4. The highest BCUT2D eigenvalue weighted by Crippen LogP contribution is 2.20. The first-order valence-electron chi connectivity index (χ1n) is 10.4. The molecule has 0 spiro atoms. The number of aliphatic hydroxyl groups excluding tert-OH is 1. The molecule has 1 heterocycles. The van der Waals surface area contributed by atoms with E-state index < -0.39 is 54.0 Å².